The fraction of sp³-hybridized carbons (Fsp3) is 0.737. The number of carbonyl (C=O) groups is 1. The third-order valence-electron chi connectivity index (χ3n) is 3.48. The second kappa shape index (κ2) is 16.1. The minimum Gasteiger partial charge on any atom is -0.469 e. The highest BCUT2D eigenvalue weighted by atomic mass is 19.1. The van der Waals surface area contributed by atoms with Crippen molar-refractivity contribution in [1.82, 2.24) is 0 Å². The highest BCUT2D eigenvalue weighted by Gasteiger charge is 1.99. The van der Waals surface area contributed by atoms with Crippen molar-refractivity contribution in [2.45, 2.75) is 83.7 Å². The minimum atomic E-state index is -0.981. The van der Waals surface area contributed by atoms with Crippen LogP contribution in [-0.2, 0) is 9.53 Å². The van der Waals surface area contributed by atoms with Gasteiger partial charge in [0.05, 0.1) is 7.11 Å². The molecule has 0 aliphatic rings. The number of alkyl halides is 1. The van der Waals surface area contributed by atoms with E-state index in [0.717, 1.165) is 57.8 Å². The molecule has 126 valence electrons. The van der Waals surface area contributed by atoms with Crippen LogP contribution in [0, 0.1) is 11.8 Å². The lowest BCUT2D eigenvalue weighted by atomic mass is 10.1. The first-order chi connectivity index (χ1) is 10.7. The van der Waals surface area contributed by atoms with Gasteiger partial charge in [-0.25, -0.2) is 4.39 Å². The molecule has 3 heteroatoms. The molecule has 0 aromatic carbocycles. The van der Waals surface area contributed by atoms with Gasteiger partial charge in [0.15, 0.2) is 6.17 Å². The summed E-state index contributed by atoms with van der Waals surface area (Å²) in [5.74, 6) is 5.29. The van der Waals surface area contributed by atoms with Crippen LogP contribution in [0.3, 0.4) is 0 Å². The van der Waals surface area contributed by atoms with Crippen molar-refractivity contribution in [3.63, 3.8) is 0 Å². The average Bonchev–Trinajstić information content (AvgIpc) is 2.52. The fourth-order valence-electron chi connectivity index (χ4n) is 2.09. The summed E-state index contributed by atoms with van der Waals surface area (Å²) < 4.78 is 17.9. The average molecular weight is 310 g/mol. The summed E-state index contributed by atoms with van der Waals surface area (Å²) in [6.07, 6.45) is 13.4. The molecule has 0 radical (unpaired) electrons. The highest BCUT2D eigenvalue weighted by molar-refractivity contribution is 5.68. The number of hydrogen-bond donors (Lipinski definition) is 0. The van der Waals surface area contributed by atoms with Crippen LogP contribution in [0.25, 0.3) is 0 Å². The summed E-state index contributed by atoms with van der Waals surface area (Å²) in [6, 6.07) is 0. The van der Waals surface area contributed by atoms with Crippen molar-refractivity contribution in [1.29, 1.82) is 0 Å². The summed E-state index contributed by atoms with van der Waals surface area (Å²) in [6.45, 7) is 2.11. The van der Waals surface area contributed by atoms with Gasteiger partial charge in [-0.05, 0) is 38.2 Å². The topological polar surface area (TPSA) is 26.3 Å². The van der Waals surface area contributed by atoms with E-state index in [1.54, 1.807) is 6.08 Å². The molecule has 0 heterocycles. The Morgan fingerprint density at radius 2 is 1.86 bits per heavy atom. The van der Waals surface area contributed by atoms with E-state index in [-0.39, 0.29) is 5.97 Å². The summed E-state index contributed by atoms with van der Waals surface area (Å²) in [5, 5.41) is 0. The molecule has 0 aromatic heterocycles. The molecule has 0 saturated carbocycles. The maximum Gasteiger partial charge on any atom is 0.305 e. The normalized spacial score (nSPS) is 12.0. The summed E-state index contributed by atoms with van der Waals surface area (Å²) >= 11 is 0. The van der Waals surface area contributed by atoms with Gasteiger partial charge in [0.2, 0.25) is 0 Å². The standard InChI is InChI=1S/C19H31FO2/c1-3-4-12-15-18(20)16-13-10-8-6-5-7-9-11-14-17-19(21)22-2/h8,10,18H,3-7,9,11-12,14-15,17H2,1-2H3/b10-8+. The Hall–Kier alpha value is -1.30. The molecule has 0 fully saturated rings. The number of ether oxygens (including phenoxy) is 1. The van der Waals surface area contributed by atoms with Crippen LogP contribution >= 0.6 is 0 Å². The van der Waals surface area contributed by atoms with Crippen LogP contribution in [-0.4, -0.2) is 19.3 Å². The van der Waals surface area contributed by atoms with Crippen LogP contribution in [0.1, 0.15) is 77.6 Å². The number of carbonyl (C=O) groups excluding carboxylic acids is 1. The summed E-state index contributed by atoms with van der Waals surface area (Å²) in [4.78, 5) is 10.9. The molecule has 0 rings (SSSR count). The zero-order valence-corrected chi connectivity index (χ0v) is 14.2. The Balaban J connectivity index is 3.42. The zero-order chi connectivity index (χ0) is 16.5. The number of methoxy groups -OCH3 is 1. The van der Waals surface area contributed by atoms with E-state index >= 15 is 0 Å². The Bertz CT molecular complexity index is 352. The monoisotopic (exact) mass is 310 g/mol. The van der Waals surface area contributed by atoms with Crippen molar-refractivity contribution in [2.75, 3.05) is 7.11 Å². The van der Waals surface area contributed by atoms with Crippen LogP contribution in [0.5, 0.6) is 0 Å². The van der Waals surface area contributed by atoms with Crippen LogP contribution in [0.2, 0.25) is 0 Å². The maximum atomic E-state index is 13.3. The number of rotatable bonds is 12. The summed E-state index contributed by atoms with van der Waals surface area (Å²) in [5.41, 5.74) is 0. The van der Waals surface area contributed by atoms with E-state index in [4.69, 9.17) is 0 Å². The molecule has 0 aliphatic carbocycles. The molecule has 0 N–H and O–H groups in total. The lowest BCUT2D eigenvalue weighted by Gasteiger charge is -1.99. The smallest absolute Gasteiger partial charge is 0.305 e. The second-order valence-corrected chi connectivity index (χ2v) is 5.54. The Morgan fingerprint density at radius 3 is 2.59 bits per heavy atom. The Labute approximate surface area is 135 Å². The van der Waals surface area contributed by atoms with E-state index in [2.05, 4.69) is 23.5 Å². The molecule has 22 heavy (non-hydrogen) atoms. The molecule has 2 nitrogen and oxygen atoms in total. The van der Waals surface area contributed by atoms with E-state index in [9.17, 15) is 9.18 Å². The van der Waals surface area contributed by atoms with Crippen LogP contribution in [0.4, 0.5) is 4.39 Å². The number of halogens is 1. The molecule has 0 aromatic rings. The van der Waals surface area contributed by atoms with Gasteiger partial charge in [0, 0.05) is 6.42 Å². The lowest BCUT2D eigenvalue weighted by molar-refractivity contribution is -0.140. The molecule has 0 bridgehead atoms. The van der Waals surface area contributed by atoms with Crippen molar-refractivity contribution in [3.05, 3.63) is 12.2 Å². The minimum absolute atomic E-state index is 0.123. The SMILES string of the molecule is CCCCCC(F)C#C/C=C/CCCCCCCC(=O)OC. The van der Waals surface area contributed by atoms with E-state index in [1.165, 1.54) is 7.11 Å². The zero-order valence-electron chi connectivity index (χ0n) is 14.2. The van der Waals surface area contributed by atoms with Crippen molar-refractivity contribution in [3.8, 4) is 11.8 Å². The first kappa shape index (κ1) is 20.7. The molecular weight excluding hydrogens is 279 g/mol. The van der Waals surface area contributed by atoms with E-state index in [1.807, 2.05) is 6.08 Å². The van der Waals surface area contributed by atoms with Gasteiger partial charge in [-0.15, -0.1) is 0 Å². The van der Waals surface area contributed by atoms with Crippen molar-refractivity contribution < 1.29 is 13.9 Å². The summed E-state index contributed by atoms with van der Waals surface area (Å²) in [7, 11) is 1.42. The van der Waals surface area contributed by atoms with E-state index < -0.39 is 6.17 Å². The van der Waals surface area contributed by atoms with Gasteiger partial charge < -0.3 is 4.74 Å². The quantitative estimate of drug-likeness (QED) is 0.275. The Kier molecular flexibility index (Phi) is 15.1. The highest BCUT2D eigenvalue weighted by Crippen LogP contribution is 2.08. The Morgan fingerprint density at radius 1 is 1.14 bits per heavy atom. The van der Waals surface area contributed by atoms with Gasteiger partial charge in [-0.2, -0.15) is 0 Å². The number of esters is 1. The van der Waals surface area contributed by atoms with Gasteiger partial charge in [0.25, 0.3) is 0 Å². The van der Waals surface area contributed by atoms with Crippen molar-refractivity contribution >= 4 is 5.97 Å². The van der Waals surface area contributed by atoms with Crippen LogP contribution < -0.4 is 0 Å². The van der Waals surface area contributed by atoms with Gasteiger partial charge in [0.1, 0.15) is 0 Å². The molecule has 0 aliphatic heterocycles. The second-order valence-electron chi connectivity index (χ2n) is 5.54. The maximum absolute atomic E-state index is 13.3. The third kappa shape index (κ3) is 15.1. The largest absolute Gasteiger partial charge is 0.469 e. The van der Waals surface area contributed by atoms with Crippen LogP contribution in [0.15, 0.2) is 12.2 Å². The molecular formula is C19H31FO2. The molecule has 1 unspecified atom stereocenters. The van der Waals surface area contributed by atoms with Gasteiger partial charge in [-0.3, -0.25) is 4.79 Å². The number of allylic oxidation sites excluding steroid dienone is 2. The fourth-order valence-corrected chi connectivity index (χ4v) is 2.09. The van der Waals surface area contributed by atoms with E-state index in [0.29, 0.717) is 12.8 Å². The number of unbranched alkanes of at least 4 members (excludes halogenated alkanes) is 7. The molecule has 0 saturated heterocycles. The molecule has 1 atom stereocenters. The lowest BCUT2D eigenvalue weighted by Crippen LogP contribution is -1.98. The van der Waals surface area contributed by atoms with Gasteiger partial charge >= 0.3 is 5.97 Å². The molecule has 0 amide bonds. The predicted molar refractivity (Wildman–Crippen MR) is 90.3 cm³/mol. The van der Waals surface area contributed by atoms with Gasteiger partial charge in [-0.1, -0.05) is 56.9 Å². The first-order valence-electron chi connectivity index (χ1n) is 8.57. The molecule has 0 spiro atoms. The predicted octanol–water partition coefficient (Wildman–Crippen LogP) is 5.37. The first-order valence-corrected chi connectivity index (χ1v) is 8.57. The number of hydrogen-bond acceptors (Lipinski definition) is 2. The van der Waals surface area contributed by atoms with Crippen molar-refractivity contribution in [2.24, 2.45) is 0 Å². The third-order valence-corrected chi connectivity index (χ3v) is 3.48.